The predicted molar refractivity (Wildman–Crippen MR) is 133 cm³/mol. The molecule has 0 aliphatic carbocycles. The van der Waals surface area contributed by atoms with Gasteiger partial charge in [-0.05, 0) is 41.3 Å². The van der Waals surface area contributed by atoms with E-state index in [0.29, 0.717) is 25.3 Å². The zero-order valence-corrected chi connectivity index (χ0v) is 19.8. The first-order valence-corrected chi connectivity index (χ1v) is 11.4. The fraction of sp³-hybridized carbons (Fsp3) is 0.259. The van der Waals surface area contributed by atoms with Crippen molar-refractivity contribution in [2.24, 2.45) is 10.7 Å². The first kappa shape index (κ1) is 24.2. The summed E-state index contributed by atoms with van der Waals surface area (Å²) >= 11 is 0. The molecule has 8 heteroatoms. The molecule has 3 N–H and O–H groups in total. The van der Waals surface area contributed by atoms with Gasteiger partial charge in [0.1, 0.15) is 24.3 Å². The topological polar surface area (TPSA) is 89.2 Å². The van der Waals surface area contributed by atoms with Crippen molar-refractivity contribution in [2.75, 3.05) is 27.3 Å². The number of nitrogens with zero attached hydrogens (tertiary/aromatic N) is 2. The van der Waals surface area contributed by atoms with Crippen LogP contribution in [0.5, 0.6) is 0 Å². The molecule has 0 spiro atoms. The van der Waals surface area contributed by atoms with Crippen molar-refractivity contribution in [2.45, 2.75) is 19.1 Å². The van der Waals surface area contributed by atoms with Crippen LogP contribution in [0.4, 0.5) is 4.39 Å². The van der Waals surface area contributed by atoms with Crippen LogP contribution in [0.15, 0.2) is 94.5 Å². The van der Waals surface area contributed by atoms with Gasteiger partial charge in [-0.1, -0.05) is 42.5 Å². The van der Waals surface area contributed by atoms with Gasteiger partial charge in [0, 0.05) is 32.5 Å². The maximum Gasteiger partial charge on any atom is 0.273 e. The van der Waals surface area contributed by atoms with Gasteiger partial charge in [-0.2, -0.15) is 0 Å². The summed E-state index contributed by atoms with van der Waals surface area (Å²) in [4.78, 5) is 19.4. The van der Waals surface area contributed by atoms with Crippen molar-refractivity contribution in [3.8, 4) is 0 Å². The fourth-order valence-corrected chi connectivity index (χ4v) is 4.11. The number of carbonyl (C=O) groups excluding carboxylic acids is 1. The molecule has 2 aliphatic rings. The van der Waals surface area contributed by atoms with Crippen molar-refractivity contribution >= 4 is 11.7 Å². The number of nitrogens with two attached hydrogens (primary N) is 1. The SMILES string of the molecule is COCCNC(=O)C1=C(OCc2ccccc2)C2C(=CC(Cc3ccc(F)cc3)=CN2C)C(N)=N1. The number of likely N-dealkylation sites (N-methyl/N-ethyl adjacent to an activating group) is 1. The minimum atomic E-state index is -0.406. The number of halogens is 1. The van der Waals surface area contributed by atoms with Crippen LogP contribution in [0.2, 0.25) is 0 Å². The number of hydrogen-bond acceptors (Lipinski definition) is 6. The third-order valence-electron chi connectivity index (χ3n) is 5.79. The number of benzene rings is 2. The molecule has 7 nitrogen and oxygen atoms in total. The summed E-state index contributed by atoms with van der Waals surface area (Å²) in [6.07, 6.45) is 4.56. The number of amides is 1. The first-order valence-electron chi connectivity index (χ1n) is 11.4. The van der Waals surface area contributed by atoms with E-state index in [-0.39, 0.29) is 29.9 Å². The molecule has 0 aromatic heterocycles. The molecule has 4 rings (SSSR count). The molecule has 0 saturated heterocycles. The van der Waals surface area contributed by atoms with E-state index >= 15 is 0 Å². The number of amidine groups is 1. The minimum absolute atomic E-state index is 0.152. The zero-order valence-electron chi connectivity index (χ0n) is 19.8. The van der Waals surface area contributed by atoms with Gasteiger partial charge < -0.3 is 25.4 Å². The molecule has 1 unspecified atom stereocenters. The lowest BCUT2D eigenvalue weighted by atomic mass is 9.91. The summed E-state index contributed by atoms with van der Waals surface area (Å²) in [5, 5.41) is 2.81. The highest BCUT2D eigenvalue weighted by Crippen LogP contribution is 2.33. The lowest BCUT2D eigenvalue weighted by molar-refractivity contribution is -0.118. The number of allylic oxidation sites excluding steroid dienone is 2. The van der Waals surface area contributed by atoms with Gasteiger partial charge in [-0.25, -0.2) is 9.38 Å². The maximum absolute atomic E-state index is 13.3. The smallest absolute Gasteiger partial charge is 0.273 e. The Morgan fingerprint density at radius 3 is 2.60 bits per heavy atom. The second-order valence-corrected chi connectivity index (χ2v) is 8.41. The van der Waals surface area contributed by atoms with Crippen LogP contribution in [0.3, 0.4) is 0 Å². The summed E-state index contributed by atoms with van der Waals surface area (Å²) in [6, 6.07) is 15.7. The number of methoxy groups -OCH3 is 1. The summed E-state index contributed by atoms with van der Waals surface area (Å²) in [7, 11) is 3.48. The van der Waals surface area contributed by atoms with Gasteiger partial charge in [-0.15, -0.1) is 0 Å². The van der Waals surface area contributed by atoms with Crippen LogP contribution in [-0.4, -0.2) is 50.0 Å². The van der Waals surface area contributed by atoms with E-state index in [2.05, 4.69) is 10.3 Å². The highest BCUT2D eigenvalue weighted by molar-refractivity contribution is 6.06. The molecule has 35 heavy (non-hydrogen) atoms. The summed E-state index contributed by atoms with van der Waals surface area (Å²) < 4.78 is 24.6. The Morgan fingerprint density at radius 1 is 1.14 bits per heavy atom. The molecule has 2 heterocycles. The molecule has 2 aromatic carbocycles. The highest BCUT2D eigenvalue weighted by atomic mass is 19.1. The molecular weight excluding hydrogens is 447 g/mol. The fourth-order valence-electron chi connectivity index (χ4n) is 4.11. The van der Waals surface area contributed by atoms with Crippen LogP contribution in [0, 0.1) is 5.82 Å². The number of ether oxygens (including phenoxy) is 2. The molecule has 0 saturated carbocycles. The number of fused-ring (bicyclic) bond motifs is 1. The normalized spacial score (nSPS) is 17.3. The van der Waals surface area contributed by atoms with Crippen molar-refractivity contribution in [1.82, 2.24) is 10.2 Å². The zero-order chi connectivity index (χ0) is 24.8. The molecule has 1 amide bonds. The molecule has 1 atom stereocenters. The molecule has 182 valence electrons. The molecule has 2 aliphatic heterocycles. The highest BCUT2D eigenvalue weighted by Gasteiger charge is 2.37. The van der Waals surface area contributed by atoms with Crippen LogP contribution in [0.25, 0.3) is 0 Å². The predicted octanol–water partition coefficient (Wildman–Crippen LogP) is 3.05. The quantitative estimate of drug-likeness (QED) is 0.543. The summed E-state index contributed by atoms with van der Waals surface area (Å²) in [6.45, 7) is 0.998. The Bertz CT molecular complexity index is 1190. The molecule has 0 radical (unpaired) electrons. The Kier molecular flexibility index (Phi) is 7.62. The Balaban J connectivity index is 1.64. The third kappa shape index (κ3) is 5.78. The first-order chi connectivity index (χ1) is 17.0. The van der Waals surface area contributed by atoms with Gasteiger partial charge in [0.2, 0.25) is 0 Å². The number of nitrogens with one attached hydrogen (secondary N) is 1. The van der Waals surface area contributed by atoms with Crippen LogP contribution < -0.4 is 11.1 Å². The third-order valence-corrected chi connectivity index (χ3v) is 5.79. The Labute approximate surface area is 204 Å². The summed E-state index contributed by atoms with van der Waals surface area (Å²) in [5.41, 5.74) is 10.2. The van der Waals surface area contributed by atoms with Crippen molar-refractivity contribution in [3.05, 3.63) is 106 Å². The Morgan fingerprint density at radius 2 is 1.89 bits per heavy atom. The van der Waals surface area contributed by atoms with Gasteiger partial charge >= 0.3 is 0 Å². The van der Waals surface area contributed by atoms with E-state index in [1.54, 1.807) is 19.2 Å². The molecular formula is C27H29FN4O3. The number of rotatable bonds is 9. The number of carbonyl (C=O) groups is 1. The van der Waals surface area contributed by atoms with Gasteiger partial charge in [0.05, 0.1) is 6.61 Å². The standard InChI is InChI=1S/C27H29FN4O3/c1-32-16-20(14-18-8-10-21(28)11-9-18)15-22-24(32)25(35-17-19-6-4-3-5-7-19)23(31-26(22)29)27(33)30-12-13-34-2/h3-11,15-16,24H,12-14,17H2,1-2H3,(H2,29,31)(H,30,33). The maximum atomic E-state index is 13.3. The van der Waals surface area contributed by atoms with E-state index in [1.807, 2.05) is 54.6 Å². The van der Waals surface area contributed by atoms with Crippen LogP contribution >= 0.6 is 0 Å². The van der Waals surface area contributed by atoms with Crippen molar-refractivity contribution in [1.29, 1.82) is 0 Å². The van der Waals surface area contributed by atoms with E-state index < -0.39 is 6.04 Å². The van der Waals surface area contributed by atoms with Gasteiger partial charge in [-0.3, -0.25) is 4.79 Å². The average molecular weight is 477 g/mol. The number of aliphatic imine (C=N–C) groups is 1. The lowest BCUT2D eigenvalue weighted by Gasteiger charge is -2.37. The second-order valence-electron chi connectivity index (χ2n) is 8.41. The Hall–Kier alpha value is -3.91. The van der Waals surface area contributed by atoms with E-state index in [4.69, 9.17) is 15.2 Å². The van der Waals surface area contributed by atoms with Gasteiger partial charge in [0.15, 0.2) is 11.5 Å². The molecule has 0 fully saturated rings. The van der Waals surface area contributed by atoms with Crippen LogP contribution in [0.1, 0.15) is 11.1 Å². The van der Waals surface area contributed by atoms with E-state index in [1.165, 1.54) is 12.1 Å². The van der Waals surface area contributed by atoms with E-state index in [9.17, 15) is 9.18 Å². The minimum Gasteiger partial charge on any atom is -0.488 e. The number of hydrogen-bond donors (Lipinski definition) is 2. The second kappa shape index (κ2) is 11.0. The summed E-state index contributed by atoms with van der Waals surface area (Å²) in [5.74, 6) is 0.0492. The van der Waals surface area contributed by atoms with Crippen molar-refractivity contribution < 1.29 is 18.7 Å². The molecule has 2 aromatic rings. The molecule has 0 bridgehead atoms. The largest absolute Gasteiger partial charge is 0.488 e. The lowest BCUT2D eigenvalue weighted by Crippen LogP contribution is -2.44. The van der Waals surface area contributed by atoms with Gasteiger partial charge in [0.25, 0.3) is 5.91 Å². The monoisotopic (exact) mass is 476 g/mol. The van der Waals surface area contributed by atoms with E-state index in [0.717, 1.165) is 22.3 Å². The van der Waals surface area contributed by atoms with Crippen molar-refractivity contribution in [3.63, 3.8) is 0 Å². The average Bonchev–Trinajstić information content (AvgIpc) is 2.85. The van der Waals surface area contributed by atoms with Crippen LogP contribution in [-0.2, 0) is 27.3 Å².